The molecule has 0 heterocycles. The number of rotatable bonds is 9. The van der Waals surface area contributed by atoms with Crippen molar-refractivity contribution in [2.75, 3.05) is 13.2 Å². The molecule has 2 aromatic carbocycles. The molecule has 8 heteroatoms. The van der Waals surface area contributed by atoms with Crippen LogP contribution in [0, 0.1) is 0 Å². The molecular formula is C23H29N3O4S. The van der Waals surface area contributed by atoms with Crippen molar-refractivity contribution in [1.29, 1.82) is 0 Å². The van der Waals surface area contributed by atoms with E-state index in [2.05, 4.69) is 30.0 Å². The first kappa shape index (κ1) is 24.1. The Morgan fingerprint density at radius 2 is 1.81 bits per heavy atom. The van der Waals surface area contributed by atoms with E-state index in [4.69, 9.17) is 21.7 Å². The summed E-state index contributed by atoms with van der Waals surface area (Å²) in [4.78, 5) is 24.4. The number of carbonyl (C=O) groups is 2. The minimum atomic E-state index is -0.425. The smallest absolute Gasteiger partial charge is 0.276 e. The molecule has 7 nitrogen and oxygen atoms in total. The molecule has 0 radical (unpaired) electrons. The Kier molecular flexibility index (Phi) is 9.77. The van der Waals surface area contributed by atoms with Crippen LogP contribution in [0.2, 0.25) is 0 Å². The summed E-state index contributed by atoms with van der Waals surface area (Å²) in [6, 6.07) is 14.4. The van der Waals surface area contributed by atoms with Gasteiger partial charge in [-0.25, -0.2) is 0 Å². The highest BCUT2D eigenvalue weighted by atomic mass is 32.1. The molecule has 0 bridgehead atoms. The van der Waals surface area contributed by atoms with Crippen LogP contribution in [0.15, 0.2) is 48.5 Å². The maximum atomic E-state index is 12.3. The summed E-state index contributed by atoms with van der Waals surface area (Å²) in [6.07, 6.45) is 1.84. The zero-order valence-corrected chi connectivity index (χ0v) is 18.9. The van der Waals surface area contributed by atoms with Crippen LogP contribution in [0.5, 0.6) is 11.5 Å². The van der Waals surface area contributed by atoms with Gasteiger partial charge in [-0.2, -0.15) is 0 Å². The Bertz CT molecular complexity index is 904. The zero-order valence-electron chi connectivity index (χ0n) is 18.1. The third-order valence-corrected chi connectivity index (χ3v) is 4.74. The molecule has 0 aromatic heterocycles. The number of thiocarbonyl (C=S) groups is 1. The molecule has 31 heavy (non-hydrogen) atoms. The molecule has 3 N–H and O–H groups in total. The highest BCUT2D eigenvalue weighted by Gasteiger charge is 2.12. The van der Waals surface area contributed by atoms with E-state index >= 15 is 0 Å². The van der Waals surface area contributed by atoms with Crippen molar-refractivity contribution >= 4 is 29.1 Å². The summed E-state index contributed by atoms with van der Waals surface area (Å²) >= 11 is 5.07. The minimum absolute atomic E-state index is 0.0294. The van der Waals surface area contributed by atoms with Crippen molar-refractivity contribution < 1.29 is 19.1 Å². The Morgan fingerprint density at radius 3 is 2.55 bits per heavy atom. The third kappa shape index (κ3) is 7.90. The molecule has 2 aromatic rings. The van der Waals surface area contributed by atoms with Crippen LogP contribution in [0.4, 0.5) is 0 Å². The molecule has 0 aliphatic carbocycles. The lowest BCUT2D eigenvalue weighted by atomic mass is 9.98. The highest BCUT2D eigenvalue weighted by molar-refractivity contribution is 7.80. The third-order valence-electron chi connectivity index (χ3n) is 4.53. The molecule has 0 fully saturated rings. The number of carbonyl (C=O) groups excluding carboxylic acids is 2. The first-order valence-corrected chi connectivity index (χ1v) is 10.7. The van der Waals surface area contributed by atoms with Gasteiger partial charge in [0, 0.05) is 5.56 Å². The molecule has 1 atom stereocenters. The van der Waals surface area contributed by atoms with Gasteiger partial charge in [0.2, 0.25) is 0 Å². The summed E-state index contributed by atoms with van der Waals surface area (Å²) in [5.74, 6) is 0.772. The second kappa shape index (κ2) is 12.5. The van der Waals surface area contributed by atoms with Gasteiger partial charge in [-0.1, -0.05) is 45.0 Å². The lowest BCUT2D eigenvalue weighted by Crippen LogP contribution is -2.49. The van der Waals surface area contributed by atoms with Gasteiger partial charge in [0.05, 0.1) is 6.61 Å². The van der Waals surface area contributed by atoms with Crippen LogP contribution in [0.25, 0.3) is 0 Å². The molecule has 166 valence electrons. The topological polar surface area (TPSA) is 88.7 Å². The molecule has 0 aliphatic rings. The Hall–Kier alpha value is -3.13. The van der Waals surface area contributed by atoms with Gasteiger partial charge in [0.15, 0.2) is 11.7 Å². The van der Waals surface area contributed by atoms with Crippen LogP contribution < -0.4 is 25.6 Å². The van der Waals surface area contributed by atoms with Crippen molar-refractivity contribution in [3.63, 3.8) is 0 Å². The van der Waals surface area contributed by atoms with E-state index in [0.29, 0.717) is 29.6 Å². The van der Waals surface area contributed by atoms with E-state index in [1.54, 1.807) is 24.3 Å². The van der Waals surface area contributed by atoms with E-state index < -0.39 is 11.8 Å². The van der Waals surface area contributed by atoms with Crippen LogP contribution in [-0.4, -0.2) is 30.1 Å². The van der Waals surface area contributed by atoms with E-state index in [1.807, 2.05) is 31.2 Å². The van der Waals surface area contributed by atoms with E-state index in [0.717, 1.165) is 18.4 Å². The number of hydrogen-bond acceptors (Lipinski definition) is 5. The maximum Gasteiger partial charge on any atom is 0.276 e. The van der Waals surface area contributed by atoms with Crippen LogP contribution in [0.3, 0.4) is 0 Å². The Labute approximate surface area is 188 Å². The number of benzene rings is 2. The molecule has 0 spiro atoms. The molecule has 2 amide bonds. The van der Waals surface area contributed by atoms with E-state index in [-0.39, 0.29) is 11.7 Å². The number of ether oxygens (including phenoxy) is 2. The van der Waals surface area contributed by atoms with Crippen molar-refractivity contribution in [2.45, 2.75) is 39.5 Å². The quantitative estimate of drug-likeness (QED) is 0.405. The molecular weight excluding hydrogens is 414 g/mol. The summed E-state index contributed by atoms with van der Waals surface area (Å²) in [6.45, 7) is 6.59. The lowest BCUT2D eigenvalue weighted by molar-refractivity contribution is -0.123. The fourth-order valence-electron chi connectivity index (χ4n) is 2.70. The lowest BCUT2D eigenvalue weighted by Gasteiger charge is -2.16. The molecule has 0 aliphatic heterocycles. The van der Waals surface area contributed by atoms with Crippen molar-refractivity contribution in [1.82, 2.24) is 16.2 Å². The number of hydrogen-bond donors (Lipinski definition) is 3. The fraction of sp³-hybridized carbons (Fsp3) is 0.348. The van der Waals surface area contributed by atoms with Gasteiger partial charge < -0.3 is 9.47 Å². The van der Waals surface area contributed by atoms with Crippen molar-refractivity contribution in [2.24, 2.45) is 0 Å². The summed E-state index contributed by atoms with van der Waals surface area (Å²) < 4.78 is 11.2. The van der Waals surface area contributed by atoms with Gasteiger partial charge in [-0.05, 0) is 60.8 Å². The number of hydrazine groups is 1. The SMILES string of the molecule is CCCOc1cccc(C(=O)NC(=S)NNC(=O)COc2ccccc2C(C)CC)c1. The first-order chi connectivity index (χ1) is 14.9. The van der Waals surface area contributed by atoms with E-state index in [1.165, 1.54) is 0 Å². The number of para-hydroxylation sites is 1. The standard InChI is InChI=1S/C23H29N3O4S/c1-4-13-29-18-10-8-9-17(14-18)22(28)24-23(31)26-25-21(27)15-30-20-12-7-6-11-19(20)16(3)5-2/h6-12,14,16H,4-5,13,15H2,1-3H3,(H,25,27)(H2,24,26,28,31). The van der Waals surface area contributed by atoms with Gasteiger partial charge in [-0.15, -0.1) is 0 Å². The zero-order chi connectivity index (χ0) is 22.6. The maximum absolute atomic E-state index is 12.3. The van der Waals surface area contributed by atoms with Gasteiger partial charge in [0.1, 0.15) is 11.5 Å². The van der Waals surface area contributed by atoms with Crippen LogP contribution >= 0.6 is 12.2 Å². The minimum Gasteiger partial charge on any atom is -0.494 e. The number of amides is 2. The summed E-state index contributed by atoms with van der Waals surface area (Å²) in [5, 5.41) is 2.48. The molecule has 0 saturated carbocycles. The Balaban J connectivity index is 1.80. The normalized spacial score (nSPS) is 11.2. The molecule has 2 rings (SSSR count). The number of nitrogens with one attached hydrogen (secondary N) is 3. The van der Waals surface area contributed by atoms with E-state index in [9.17, 15) is 9.59 Å². The largest absolute Gasteiger partial charge is 0.494 e. The second-order valence-electron chi connectivity index (χ2n) is 6.97. The van der Waals surface area contributed by atoms with Gasteiger partial charge in [0.25, 0.3) is 11.8 Å². The van der Waals surface area contributed by atoms with Crippen molar-refractivity contribution in [3.8, 4) is 11.5 Å². The predicted octanol–water partition coefficient (Wildman–Crippen LogP) is 3.70. The average Bonchev–Trinajstić information content (AvgIpc) is 2.79. The monoisotopic (exact) mass is 443 g/mol. The molecule has 1 unspecified atom stereocenters. The summed E-state index contributed by atoms with van der Waals surface area (Å²) in [7, 11) is 0. The van der Waals surface area contributed by atoms with Gasteiger partial charge >= 0.3 is 0 Å². The average molecular weight is 444 g/mol. The van der Waals surface area contributed by atoms with Crippen LogP contribution in [-0.2, 0) is 4.79 Å². The van der Waals surface area contributed by atoms with Crippen molar-refractivity contribution in [3.05, 3.63) is 59.7 Å². The molecule has 0 saturated heterocycles. The summed E-state index contributed by atoms with van der Waals surface area (Å²) in [5.41, 5.74) is 6.37. The predicted molar refractivity (Wildman–Crippen MR) is 124 cm³/mol. The first-order valence-electron chi connectivity index (χ1n) is 10.3. The fourth-order valence-corrected chi connectivity index (χ4v) is 2.84. The van der Waals surface area contributed by atoms with Crippen LogP contribution in [0.1, 0.15) is 55.5 Å². The Morgan fingerprint density at radius 1 is 1.03 bits per heavy atom. The van der Waals surface area contributed by atoms with Gasteiger partial charge in [-0.3, -0.25) is 25.8 Å². The highest BCUT2D eigenvalue weighted by Crippen LogP contribution is 2.28. The second-order valence-corrected chi connectivity index (χ2v) is 7.38.